The van der Waals surface area contributed by atoms with E-state index in [4.69, 9.17) is 11.6 Å². The Balaban J connectivity index is 2.68. The van der Waals surface area contributed by atoms with Crippen molar-refractivity contribution in [1.82, 2.24) is 0 Å². The number of rotatable bonds is 0. The second-order valence-corrected chi connectivity index (χ2v) is 1.71. The third kappa shape index (κ3) is 1.13. The maximum atomic E-state index is 10.2. The zero-order valence-corrected chi connectivity index (χ0v) is 4.67. The molecular formula is C4H3ClN2O. The highest BCUT2D eigenvalue weighted by molar-refractivity contribution is 6.36. The molecule has 0 radical (unpaired) electrons. The van der Waals surface area contributed by atoms with Crippen LogP contribution in [0.5, 0.6) is 0 Å². The molecule has 0 fully saturated rings. The quantitative estimate of drug-likeness (QED) is 0.342. The predicted molar refractivity (Wildman–Crippen MR) is 31.6 cm³/mol. The second kappa shape index (κ2) is 2.05. The van der Waals surface area contributed by atoms with E-state index in [2.05, 4.69) is 9.98 Å². The van der Waals surface area contributed by atoms with Crippen molar-refractivity contribution in [2.24, 2.45) is 9.98 Å². The van der Waals surface area contributed by atoms with Crippen molar-refractivity contribution in [2.45, 2.75) is 5.50 Å². The largest absolute Gasteiger partial charge is 0.287 e. The van der Waals surface area contributed by atoms with Gasteiger partial charge in [-0.2, -0.15) is 0 Å². The van der Waals surface area contributed by atoms with Crippen molar-refractivity contribution in [1.29, 1.82) is 0 Å². The Kier molecular flexibility index (Phi) is 1.39. The molecule has 1 amide bonds. The van der Waals surface area contributed by atoms with Crippen LogP contribution in [-0.4, -0.2) is 23.8 Å². The molecule has 0 N–H and O–H groups in total. The molecule has 1 unspecified atom stereocenters. The molecule has 1 heterocycles. The molecule has 1 rings (SSSR count). The topological polar surface area (TPSA) is 41.8 Å². The van der Waals surface area contributed by atoms with Crippen molar-refractivity contribution < 1.29 is 4.79 Å². The summed E-state index contributed by atoms with van der Waals surface area (Å²) in [6, 6.07) is 0. The van der Waals surface area contributed by atoms with Crippen LogP contribution in [0.1, 0.15) is 0 Å². The third-order valence-corrected chi connectivity index (χ3v) is 0.878. The van der Waals surface area contributed by atoms with Gasteiger partial charge in [0.2, 0.25) is 0 Å². The Bertz CT molecular complexity index is 147. The Labute approximate surface area is 51.1 Å². The van der Waals surface area contributed by atoms with Crippen LogP contribution in [0.4, 0.5) is 0 Å². The lowest BCUT2D eigenvalue weighted by Crippen LogP contribution is -2.08. The summed E-state index contributed by atoms with van der Waals surface area (Å²) in [5.74, 6) is -0.345. The first kappa shape index (κ1) is 5.44. The van der Waals surface area contributed by atoms with E-state index in [0.29, 0.717) is 0 Å². The van der Waals surface area contributed by atoms with Gasteiger partial charge in [0, 0.05) is 6.21 Å². The summed E-state index contributed by atoms with van der Waals surface area (Å²) in [5.41, 5.74) is -0.451. The molecule has 8 heavy (non-hydrogen) atoms. The minimum absolute atomic E-state index is 0.345. The average molecular weight is 131 g/mol. The number of carbonyl (C=O) groups is 1. The molecule has 1 aliphatic rings. The first-order chi connectivity index (χ1) is 3.79. The van der Waals surface area contributed by atoms with Gasteiger partial charge in [0.25, 0.3) is 5.91 Å². The number of halogens is 1. The molecule has 0 aromatic rings. The Hall–Kier alpha value is -0.700. The summed E-state index contributed by atoms with van der Waals surface area (Å²) in [6.45, 7) is 0. The van der Waals surface area contributed by atoms with E-state index in [0.717, 1.165) is 6.21 Å². The van der Waals surface area contributed by atoms with Gasteiger partial charge in [-0.15, -0.1) is 0 Å². The van der Waals surface area contributed by atoms with E-state index >= 15 is 0 Å². The summed E-state index contributed by atoms with van der Waals surface area (Å²) in [7, 11) is 0. The van der Waals surface area contributed by atoms with Gasteiger partial charge in [0.1, 0.15) is 0 Å². The number of amides is 1. The van der Waals surface area contributed by atoms with Crippen LogP contribution in [0, 0.1) is 0 Å². The molecule has 0 aliphatic carbocycles. The van der Waals surface area contributed by atoms with Gasteiger partial charge in [0.05, 0.1) is 6.21 Å². The van der Waals surface area contributed by atoms with Crippen LogP contribution in [0.2, 0.25) is 0 Å². The van der Waals surface area contributed by atoms with Crippen molar-refractivity contribution in [2.75, 3.05) is 0 Å². The summed E-state index contributed by atoms with van der Waals surface area (Å²) in [5, 5.41) is 0. The number of carbonyl (C=O) groups excluding carboxylic acids is 1. The van der Waals surface area contributed by atoms with Crippen molar-refractivity contribution in [3.8, 4) is 0 Å². The van der Waals surface area contributed by atoms with Gasteiger partial charge < -0.3 is 0 Å². The zero-order chi connectivity index (χ0) is 5.98. The molecule has 0 bridgehead atoms. The van der Waals surface area contributed by atoms with Crippen LogP contribution in [0.25, 0.3) is 0 Å². The van der Waals surface area contributed by atoms with Crippen LogP contribution >= 0.6 is 11.6 Å². The zero-order valence-electron chi connectivity index (χ0n) is 3.91. The van der Waals surface area contributed by atoms with E-state index in [9.17, 15) is 4.79 Å². The van der Waals surface area contributed by atoms with Crippen LogP contribution in [0.15, 0.2) is 9.98 Å². The molecule has 42 valence electrons. The molecule has 0 saturated carbocycles. The number of hydrogen-bond donors (Lipinski definition) is 0. The standard InChI is InChI=1S/C4H3ClN2O/c5-3-1-7-4(8)2-6-3/h1-3H. The monoisotopic (exact) mass is 130 g/mol. The highest BCUT2D eigenvalue weighted by Gasteiger charge is 2.02. The van der Waals surface area contributed by atoms with Crippen molar-refractivity contribution in [3.05, 3.63) is 0 Å². The first-order valence-corrected chi connectivity index (χ1v) is 2.48. The van der Waals surface area contributed by atoms with Gasteiger partial charge >= 0.3 is 0 Å². The number of aliphatic imine (C=N–C) groups is 2. The Morgan fingerprint density at radius 1 is 1.75 bits per heavy atom. The van der Waals surface area contributed by atoms with E-state index < -0.39 is 5.50 Å². The highest BCUT2D eigenvalue weighted by Crippen LogP contribution is 1.96. The highest BCUT2D eigenvalue weighted by atomic mass is 35.5. The molecule has 0 aromatic carbocycles. The summed E-state index contributed by atoms with van der Waals surface area (Å²) in [6.07, 6.45) is 2.40. The van der Waals surface area contributed by atoms with Crippen molar-refractivity contribution in [3.63, 3.8) is 0 Å². The summed E-state index contributed by atoms with van der Waals surface area (Å²) >= 11 is 5.38. The molecule has 0 saturated heterocycles. The average Bonchev–Trinajstić information content (AvgIpc) is 1.77. The number of nitrogens with zero attached hydrogens (tertiary/aromatic N) is 2. The molecule has 3 nitrogen and oxygen atoms in total. The summed E-state index contributed by atoms with van der Waals surface area (Å²) in [4.78, 5) is 17.1. The fourth-order valence-electron chi connectivity index (χ4n) is 0.342. The van der Waals surface area contributed by atoms with Gasteiger partial charge in [-0.1, -0.05) is 11.6 Å². The van der Waals surface area contributed by atoms with E-state index in [-0.39, 0.29) is 5.91 Å². The van der Waals surface area contributed by atoms with Crippen molar-refractivity contribution >= 4 is 29.9 Å². The maximum absolute atomic E-state index is 10.2. The smallest absolute Gasteiger partial charge is 0.266 e. The third-order valence-electron chi connectivity index (χ3n) is 0.652. The molecule has 0 aromatic heterocycles. The Morgan fingerprint density at radius 3 is 2.88 bits per heavy atom. The minimum Gasteiger partial charge on any atom is -0.266 e. The lowest BCUT2D eigenvalue weighted by atomic mass is 10.6. The lowest BCUT2D eigenvalue weighted by molar-refractivity contribution is -0.111. The maximum Gasteiger partial charge on any atom is 0.287 e. The van der Waals surface area contributed by atoms with Crippen LogP contribution in [-0.2, 0) is 4.79 Å². The summed E-state index contributed by atoms with van der Waals surface area (Å²) < 4.78 is 0. The predicted octanol–water partition coefficient (Wildman–Crippen LogP) is 0.233. The van der Waals surface area contributed by atoms with E-state index in [1.54, 1.807) is 0 Å². The molecule has 4 heteroatoms. The SMILES string of the molecule is O=C1C=NC(Cl)C=N1. The van der Waals surface area contributed by atoms with Gasteiger partial charge in [-0.3, -0.25) is 9.79 Å². The Morgan fingerprint density at radius 2 is 2.50 bits per heavy atom. The van der Waals surface area contributed by atoms with Gasteiger partial charge in [-0.05, 0) is 0 Å². The molecule has 1 aliphatic heterocycles. The van der Waals surface area contributed by atoms with E-state index in [1.165, 1.54) is 6.21 Å². The van der Waals surface area contributed by atoms with Crippen LogP contribution in [0.3, 0.4) is 0 Å². The van der Waals surface area contributed by atoms with Gasteiger partial charge in [0.15, 0.2) is 5.50 Å². The van der Waals surface area contributed by atoms with Crippen LogP contribution < -0.4 is 0 Å². The fraction of sp³-hybridized carbons (Fsp3) is 0.250. The molecule has 0 spiro atoms. The molecule has 1 atom stereocenters. The molecular weight excluding hydrogens is 128 g/mol. The normalized spacial score (nSPS) is 26.6. The number of alkyl halides is 1. The lowest BCUT2D eigenvalue weighted by Gasteiger charge is -1.96. The second-order valence-electron chi connectivity index (χ2n) is 1.27. The minimum atomic E-state index is -0.451. The van der Waals surface area contributed by atoms with E-state index in [1.807, 2.05) is 0 Å². The van der Waals surface area contributed by atoms with Gasteiger partial charge in [-0.25, -0.2) is 4.99 Å². The first-order valence-electron chi connectivity index (χ1n) is 2.04. The fourth-order valence-corrected chi connectivity index (χ4v) is 0.454. The number of hydrogen-bond acceptors (Lipinski definition) is 2.